The van der Waals surface area contributed by atoms with Crippen LogP contribution in [0.15, 0.2) is 29.4 Å². The number of nitrogens with zero attached hydrogens (tertiary/aromatic N) is 3. The molecule has 0 amide bonds. The minimum atomic E-state index is -1.04. The Balaban J connectivity index is 1.83. The second kappa shape index (κ2) is 4.65. The Morgan fingerprint density at radius 2 is 2.17 bits per heavy atom. The fraction of sp³-hybridized carbons (Fsp3) is 0.385. The normalized spacial score (nSPS) is 15.6. The van der Waals surface area contributed by atoms with Crippen molar-refractivity contribution in [3.63, 3.8) is 0 Å². The standard InChI is InChI=1S/C13H15N3OS/c1-16-9-14-15-13(16)8-18(17)12-6-5-10-3-2-4-11(10)7-12/h5-7,9H,2-4,8H2,1H3/t18-/m0/s1. The van der Waals surface area contributed by atoms with Crippen LogP contribution in [0.5, 0.6) is 0 Å². The Labute approximate surface area is 109 Å². The second-order valence-electron chi connectivity index (χ2n) is 4.63. The maximum absolute atomic E-state index is 12.3. The summed E-state index contributed by atoms with van der Waals surface area (Å²) in [5.74, 6) is 1.18. The van der Waals surface area contributed by atoms with E-state index in [1.54, 1.807) is 6.33 Å². The number of rotatable bonds is 3. The summed E-state index contributed by atoms with van der Waals surface area (Å²) in [6.45, 7) is 0. The third kappa shape index (κ3) is 2.10. The fourth-order valence-corrected chi connectivity index (χ4v) is 3.48. The molecule has 1 aliphatic carbocycles. The van der Waals surface area contributed by atoms with Crippen molar-refractivity contribution < 1.29 is 4.21 Å². The average molecular weight is 261 g/mol. The lowest BCUT2D eigenvalue weighted by Gasteiger charge is -2.05. The van der Waals surface area contributed by atoms with Gasteiger partial charge in [-0.2, -0.15) is 0 Å². The zero-order valence-corrected chi connectivity index (χ0v) is 11.1. The topological polar surface area (TPSA) is 47.8 Å². The molecule has 2 aromatic rings. The Morgan fingerprint density at radius 1 is 1.33 bits per heavy atom. The van der Waals surface area contributed by atoms with Gasteiger partial charge < -0.3 is 4.57 Å². The summed E-state index contributed by atoms with van der Waals surface area (Å²) < 4.78 is 14.1. The van der Waals surface area contributed by atoms with E-state index in [1.807, 2.05) is 17.7 Å². The van der Waals surface area contributed by atoms with Crippen LogP contribution in [0.3, 0.4) is 0 Å². The number of hydrogen-bond acceptors (Lipinski definition) is 3. The van der Waals surface area contributed by atoms with E-state index in [9.17, 15) is 4.21 Å². The van der Waals surface area contributed by atoms with Gasteiger partial charge in [-0.05, 0) is 42.5 Å². The van der Waals surface area contributed by atoms with Crippen LogP contribution in [-0.2, 0) is 36.4 Å². The van der Waals surface area contributed by atoms with Crippen molar-refractivity contribution in [1.29, 1.82) is 0 Å². The van der Waals surface area contributed by atoms with Crippen molar-refractivity contribution in [3.8, 4) is 0 Å². The molecule has 94 valence electrons. The van der Waals surface area contributed by atoms with Gasteiger partial charge in [-0.1, -0.05) is 6.07 Å². The van der Waals surface area contributed by atoms with Gasteiger partial charge in [0.2, 0.25) is 0 Å². The van der Waals surface area contributed by atoms with Crippen molar-refractivity contribution >= 4 is 10.8 Å². The molecule has 1 aromatic carbocycles. The van der Waals surface area contributed by atoms with Gasteiger partial charge in [0.05, 0.1) is 16.6 Å². The lowest BCUT2D eigenvalue weighted by molar-refractivity contribution is 0.679. The van der Waals surface area contributed by atoms with E-state index < -0.39 is 10.8 Å². The Bertz CT molecular complexity index is 606. The molecule has 0 spiro atoms. The summed E-state index contributed by atoms with van der Waals surface area (Å²) in [5, 5.41) is 7.78. The highest BCUT2D eigenvalue weighted by atomic mass is 32.2. The molecule has 5 heteroatoms. The number of benzene rings is 1. The number of hydrogen-bond donors (Lipinski definition) is 0. The third-order valence-corrected chi connectivity index (χ3v) is 4.70. The van der Waals surface area contributed by atoms with E-state index >= 15 is 0 Å². The molecule has 18 heavy (non-hydrogen) atoms. The Morgan fingerprint density at radius 3 is 2.94 bits per heavy atom. The van der Waals surface area contributed by atoms with Gasteiger partial charge in [0.25, 0.3) is 0 Å². The van der Waals surface area contributed by atoms with Crippen molar-refractivity contribution in [3.05, 3.63) is 41.5 Å². The van der Waals surface area contributed by atoms with Gasteiger partial charge in [0.15, 0.2) is 0 Å². The summed E-state index contributed by atoms with van der Waals surface area (Å²) in [7, 11) is 0.831. The molecule has 0 aliphatic heterocycles. The Hall–Kier alpha value is -1.49. The van der Waals surface area contributed by atoms with E-state index in [2.05, 4.69) is 22.3 Å². The van der Waals surface area contributed by atoms with Crippen LogP contribution in [0.25, 0.3) is 0 Å². The molecule has 1 heterocycles. The van der Waals surface area contributed by atoms with Crippen LogP contribution >= 0.6 is 0 Å². The van der Waals surface area contributed by atoms with E-state index in [-0.39, 0.29) is 0 Å². The smallest absolute Gasteiger partial charge is 0.145 e. The van der Waals surface area contributed by atoms with Gasteiger partial charge in [-0.3, -0.25) is 4.21 Å². The zero-order valence-electron chi connectivity index (χ0n) is 10.3. The van der Waals surface area contributed by atoms with E-state index in [4.69, 9.17) is 0 Å². The number of aromatic nitrogens is 3. The third-order valence-electron chi connectivity index (χ3n) is 3.40. The van der Waals surface area contributed by atoms with Crippen LogP contribution in [-0.4, -0.2) is 19.0 Å². The second-order valence-corrected chi connectivity index (χ2v) is 6.08. The van der Waals surface area contributed by atoms with Crippen LogP contribution in [0, 0.1) is 0 Å². The quantitative estimate of drug-likeness (QED) is 0.843. The molecule has 1 aliphatic rings. The number of aryl methyl sites for hydroxylation is 3. The predicted octanol–water partition coefficient (Wildman–Crippen LogP) is 1.61. The monoisotopic (exact) mass is 261 g/mol. The molecule has 0 saturated heterocycles. The molecule has 0 radical (unpaired) electrons. The van der Waals surface area contributed by atoms with Gasteiger partial charge in [0.1, 0.15) is 12.2 Å². The first-order valence-electron chi connectivity index (χ1n) is 6.07. The molecular formula is C13H15N3OS. The molecule has 1 aromatic heterocycles. The first-order chi connectivity index (χ1) is 8.74. The minimum Gasteiger partial charge on any atom is -0.320 e. The van der Waals surface area contributed by atoms with Gasteiger partial charge in [-0.15, -0.1) is 10.2 Å². The number of fused-ring (bicyclic) bond motifs is 1. The fourth-order valence-electron chi connectivity index (χ4n) is 2.33. The van der Waals surface area contributed by atoms with Crippen molar-refractivity contribution in [2.45, 2.75) is 29.9 Å². The van der Waals surface area contributed by atoms with Crippen LogP contribution in [0.2, 0.25) is 0 Å². The van der Waals surface area contributed by atoms with Gasteiger partial charge >= 0.3 is 0 Å². The predicted molar refractivity (Wildman–Crippen MR) is 69.6 cm³/mol. The maximum Gasteiger partial charge on any atom is 0.145 e. The molecule has 0 fully saturated rings. The molecule has 1 atom stereocenters. The molecule has 0 N–H and O–H groups in total. The first kappa shape index (κ1) is 11.6. The van der Waals surface area contributed by atoms with E-state index in [0.717, 1.165) is 23.6 Å². The largest absolute Gasteiger partial charge is 0.320 e. The van der Waals surface area contributed by atoms with Crippen molar-refractivity contribution in [2.75, 3.05) is 0 Å². The molecule has 0 saturated carbocycles. The summed E-state index contributed by atoms with van der Waals surface area (Å²) in [5.41, 5.74) is 2.77. The van der Waals surface area contributed by atoms with Crippen LogP contribution in [0.1, 0.15) is 23.4 Å². The summed E-state index contributed by atoms with van der Waals surface area (Å²) in [6.07, 6.45) is 5.12. The average Bonchev–Trinajstić information content (AvgIpc) is 2.98. The summed E-state index contributed by atoms with van der Waals surface area (Å²) >= 11 is 0. The molecular weight excluding hydrogens is 246 g/mol. The van der Waals surface area contributed by atoms with E-state index in [0.29, 0.717) is 5.75 Å². The summed E-state index contributed by atoms with van der Waals surface area (Å²) in [4.78, 5) is 0.902. The molecule has 3 rings (SSSR count). The van der Waals surface area contributed by atoms with Gasteiger partial charge in [-0.25, -0.2) is 0 Å². The highest BCUT2D eigenvalue weighted by Gasteiger charge is 2.14. The minimum absolute atomic E-state index is 0.426. The highest BCUT2D eigenvalue weighted by Crippen LogP contribution is 2.24. The van der Waals surface area contributed by atoms with E-state index in [1.165, 1.54) is 17.5 Å². The van der Waals surface area contributed by atoms with Crippen molar-refractivity contribution in [1.82, 2.24) is 14.8 Å². The molecule has 0 unspecified atom stereocenters. The van der Waals surface area contributed by atoms with Crippen LogP contribution in [0.4, 0.5) is 0 Å². The maximum atomic E-state index is 12.3. The van der Waals surface area contributed by atoms with Gasteiger partial charge in [0, 0.05) is 11.9 Å². The SMILES string of the molecule is Cn1cnnc1C[S@](=O)c1ccc2c(c1)CCC2. The molecule has 0 bridgehead atoms. The highest BCUT2D eigenvalue weighted by molar-refractivity contribution is 7.84. The lowest BCUT2D eigenvalue weighted by atomic mass is 10.1. The first-order valence-corrected chi connectivity index (χ1v) is 7.39. The van der Waals surface area contributed by atoms with Crippen molar-refractivity contribution in [2.24, 2.45) is 7.05 Å². The van der Waals surface area contributed by atoms with Crippen LogP contribution < -0.4 is 0 Å². The summed E-state index contributed by atoms with van der Waals surface area (Å²) in [6, 6.07) is 6.19. The zero-order chi connectivity index (χ0) is 12.5. The molecule has 4 nitrogen and oxygen atoms in total. The Kier molecular flexibility index (Phi) is 2.99. The lowest BCUT2D eigenvalue weighted by Crippen LogP contribution is -2.03.